The molecule has 4 rings (SSSR count). The predicted molar refractivity (Wildman–Crippen MR) is 128 cm³/mol. The monoisotopic (exact) mass is 480 g/mol. The molecule has 35 heavy (non-hydrogen) atoms. The molecule has 12 nitrogen and oxygen atoms in total. The molecule has 3 heterocycles. The van der Waals surface area contributed by atoms with Crippen LogP contribution in [0.3, 0.4) is 0 Å². The highest BCUT2D eigenvalue weighted by Gasteiger charge is 2.17. The summed E-state index contributed by atoms with van der Waals surface area (Å²) in [6.07, 6.45) is 6.64. The van der Waals surface area contributed by atoms with Crippen molar-refractivity contribution in [1.29, 1.82) is 0 Å². The van der Waals surface area contributed by atoms with Gasteiger partial charge in [-0.3, -0.25) is 19.0 Å². The highest BCUT2D eigenvalue weighted by atomic mass is 16.2. The minimum Gasteiger partial charge on any atom is -0.350 e. The van der Waals surface area contributed by atoms with Gasteiger partial charge in [-0.15, -0.1) is 10.2 Å². The SMILES string of the molecule is O=C1CCNC[C@@H](Cn2ccnn2)NC(=O)CCNC[C@H](Cn2cc(Cc3ccccc3)nn2)N1. The summed E-state index contributed by atoms with van der Waals surface area (Å²) in [4.78, 5) is 25.0. The lowest BCUT2D eigenvalue weighted by atomic mass is 10.1. The zero-order valence-electron chi connectivity index (χ0n) is 19.6. The Kier molecular flexibility index (Phi) is 8.90. The first kappa shape index (κ1) is 24.5. The Morgan fingerprint density at radius 2 is 1.51 bits per heavy atom. The summed E-state index contributed by atoms with van der Waals surface area (Å²) < 4.78 is 3.44. The van der Waals surface area contributed by atoms with E-state index in [0.29, 0.717) is 58.5 Å². The van der Waals surface area contributed by atoms with Crippen LogP contribution in [0.25, 0.3) is 0 Å². The van der Waals surface area contributed by atoms with Gasteiger partial charge >= 0.3 is 0 Å². The van der Waals surface area contributed by atoms with Gasteiger partial charge in [0, 0.05) is 57.8 Å². The second-order valence-electron chi connectivity index (χ2n) is 8.66. The standard InChI is InChI=1S/C23H32N10O2/c34-22-6-9-25-14-21(17-33-15-19(29-31-33)12-18-4-2-1-3-5-18)28-23(35)7-8-24-13-20(27-22)16-32-11-10-26-30-32/h1-5,10-11,15,20-21,24-25H,6-9,12-14,16-17H2,(H,27,34)(H,28,35)/t20-,21+/m0/s1. The third-order valence-electron chi connectivity index (χ3n) is 5.67. The number of carbonyl (C=O) groups is 2. The van der Waals surface area contributed by atoms with Crippen molar-refractivity contribution in [3.05, 3.63) is 60.2 Å². The van der Waals surface area contributed by atoms with Crippen LogP contribution in [-0.4, -0.2) is 80.1 Å². The van der Waals surface area contributed by atoms with Crippen LogP contribution in [-0.2, 0) is 29.1 Å². The van der Waals surface area contributed by atoms with Crippen LogP contribution in [0.5, 0.6) is 0 Å². The molecular weight excluding hydrogens is 448 g/mol. The molecular formula is C23H32N10O2. The zero-order valence-corrected chi connectivity index (χ0v) is 19.6. The van der Waals surface area contributed by atoms with Gasteiger partial charge in [0.25, 0.3) is 0 Å². The molecule has 0 bridgehead atoms. The average Bonchev–Trinajstić information content (AvgIpc) is 3.52. The molecule has 4 N–H and O–H groups in total. The lowest BCUT2D eigenvalue weighted by Gasteiger charge is -2.22. The van der Waals surface area contributed by atoms with E-state index >= 15 is 0 Å². The first-order valence-electron chi connectivity index (χ1n) is 11.9. The molecule has 1 aliphatic rings. The third-order valence-corrected chi connectivity index (χ3v) is 5.67. The van der Waals surface area contributed by atoms with Crippen LogP contribution in [0.15, 0.2) is 48.9 Å². The van der Waals surface area contributed by atoms with Gasteiger partial charge in [-0.2, -0.15) is 0 Å². The normalized spacial score (nSPS) is 20.6. The molecule has 1 fully saturated rings. The molecule has 0 aliphatic carbocycles. The summed E-state index contributed by atoms with van der Waals surface area (Å²) in [5.41, 5.74) is 2.04. The van der Waals surface area contributed by atoms with Crippen LogP contribution in [0.4, 0.5) is 0 Å². The predicted octanol–water partition coefficient (Wildman–Crippen LogP) is -0.897. The molecule has 1 saturated heterocycles. The van der Waals surface area contributed by atoms with Crippen LogP contribution < -0.4 is 21.3 Å². The van der Waals surface area contributed by atoms with E-state index in [1.54, 1.807) is 21.8 Å². The number of benzene rings is 1. The zero-order chi connectivity index (χ0) is 24.3. The van der Waals surface area contributed by atoms with Crippen molar-refractivity contribution in [2.45, 2.75) is 44.4 Å². The quantitative estimate of drug-likeness (QED) is 0.356. The number of aromatic nitrogens is 6. The van der Waals surface area contributed by atoms with Crippen LogP contribution in [0, 0.1) is 0 Å². The Balaban J connectivity index is 1.31. The molecule has 0 spiro atoms. The molecule has 0 radical (unpaired) electrons. The Hall–Kier alpha value is -3.64. The van der Waals surface area contributed by atoms with Crippen molar-refractivity contribution in [1.82, 2.24) is 51.3 Å². The Bertz CT molecular complexity index is 1050. The van der Waals surface area contributed by atoms with Crippen LogP contribution in [0.1, 0.15) is 24.1 Å². The van der Waals surface area contributed by atoms with E-state index in [1.165, 1.54) is 5.56 Å². The van der Waals surface area contributed by atoms with Crippen molar-refractivity contribution in [3.8, 4) is 0 Å². The van der Waals surface area contributed by atoms with Gasteiger partial charge in [-0.25, -0.2) is 0 Å². The maximum atomic E-state index is 12.6. The second-order valence-corrected chi connectivity index (χ2v) is 8.66. The molecule has 2 atom stereocenters. The van der Waals surface area contributed by atoms with Gasteiger partial charge in [-0.1, -0.05) is 40.8 Å². The highest BCUT2D eigenvalue weighted by molar-refractivity contribution is 5.77. The number of hydrogen-bond acceptors (Lipinski definition) is 8. The number of nitrogens with zero attached hydrogens (tertiary/aromatic N) is 6. The molecule has 3 aromatic rings. The summed E-state index contributed by atoms with van der Waals surface area (Å²) in [5.74, 6) is -0.0771. The van der Waals surface area contributed by atoms with Gasteiger partial charge in [0.05, 0.1) is 37.1 Å². The fraction of sp³-hybridized carbons (Fsp3) is 0.478. The van der Waals surface area contributed by atoms with Gasteiger partial charge in [0.15, 0.2) is 0 Å². The van der Waals surface area contributed by atoms with Crippen LogP contribution in [0.2, 0.25) is 0 Å². The molecule has 0 saturated carbocycles. The van der Waals surface area contributed by atoms with Crippen molar-refractivity contribution >= 4 is 11.8 Å². The summed E-state index contributed by atoms with van der Waals surface area (Å²) in [6.45, 7) is 3.03. The number of nitrogens with one attached hydrogen (secondary N) is 4. The van der Waals surface area contributed by atoms with E-state index in [1.807, 2.05) is 24.4 Å². The number of hydrogen-bond donors (Lipinski definition) is 4. The molecule has 1 aliphatic heterocycles. The van der Waals surface area contributed by atoms with E-state index < -0.39 is 0 Å². The fourth-order valence-electron chi connectivity index (χ4n) is 3.97. The minimum atomic E-state index is -0.181. The molecule has 1 aromatic carbocycles. The smallest absolute Gasteiger partial charge is 0.221 e. The van der Waals surface area contributed by atoms with Crippen LogP contribution >= 0.6 is 0 Å². The van der Waals surface area contributed by atoms with E-state index in [9.17, 15) is 9.59 Å². The number of amides is 2. The Morgan fingerprint density at radius 1 is 0.857 bits per heavy atom. The molecule has 2 amide bonds. The Morgan fingerprint density at radius 3 is 2.14 bits per heavy atom. The van der Waals surface area contributed by atoms with Crippen molar-refractivity contribution in [2.24, 2.45) is 0 Å². The third kappa shape index (κ3) is 8.26. The number of rotatable bonds is 6. The summed E-state index contributed by atoms with van der Waals surface area (Å²) in [6, 6.07) is 9.77. The van der Waals surface area contributed by atoms with Gasteiger partial charge in [0.2, 0.25) is 11.8 Å². The van der Waals surface area contributed by atoms with Gasteiger partial charge in [0.1, 0.15) is 0 Å². The second kappa shape index (κ2) is 12.7. The largest absolute Gasteiger partial charge is 0.350 e. The fourth-order valence-corrected chi connectivity index (χ4v) is 3.97. The maximum absolute atomic E-state index is 12.6. The average molecular weight is 481 g/mol. The Labute approximate surface area is 203 Å². The van der Waals surface area contributed by atoms with E-state index in [4.69, 9.17) is 0 Å². The molecule has 186 valence electrons. The van der Waals surface area contributed by atoms with Crippen molar-refractivity contribution in [3.63, 3.8) is 0 Å². The molecule has 12 heteroatoms. The van der Waals surface area contributed by atoms with E-state index in [0.717, 1.165) is 5.69 Å². The maximum Gasteiger partial charge on any atom is 0.221 e. The summed E-state index contributed by atoms with van der Waals surface area (Å²) in [5, 5.41) is 29.0. The first-order valence-corrected chi connectivity index (χ1v) is 11.9. The first-order chi connectivity index (χ1) is 17.1. The number of carbonyl (C=O) groups excluding carboxylic acids is 2. The van der Waals surface area contributed by atoms with Gasteiger partial charge < -0.3 is 21.3 Å². The summed E-state index contributed by atoms with van der Waals surface area (Å²) in [7, 11) is 0. The molecule has 2 aromatic heterocycles. The lowest BCUT2D eigenvalue weighted by molar-refractivity contribution is -0.123. The minimum absolute atomic E-state index is 0.0381. The van der Waals surface area contributed by atoms with E-state index in [2.05, 4.69) is 54.0 Å². The highest BCUT2D eigenvalue weighted by Crippen LogP contribution is 2.06. The topological polar surface area (TPSA) is 144 Å². The molecule has 0 unspecified atom stereocenters. The van der Waals surface area contributed by atoms with Crippen molar-refractivity contribution in [2.75, 3.05) is 26.2 Å². The summed E-state index contributed by atoms with van der Waals surface area (Å²) >= 11 is 0. The van der Waals surface area contributed by atoms with E-state index in [-0.39, 0.29) is 23.9 Å². The van der Waals surface area contributed by atoms with Gasteiger partial charge in [-0.05, 0) is 5.56 Å². The lowest BCUT2D eigenvalue weighted by Crippen LogP contribution is -2.49. The van der Waals surface area contributed by atoms with Crippen molar-refractivity contribution < 1.29 is 9.59 Å².